The molecular weight excluding hydrogens is 88.1 g/mol. The molecule has 0 spiro atoms. The number of rotatable bonds is 2. The van der Waals surface area contributed by atoms with Crippen molar-refractivity contribution in [2.75, 3.05) is 6.61 Å². The second kappa shape index (κ2) is 3.62. The molecule has 0 aromatic rings. The van der Waals surface area contributed by atoms with Gasteiger partial charge in [-0.1, -0.05) is 18.7 Å². The van der Waals surface area contributed by atoms with Crippen LogP contribution in [0.5, 0.6) is 0 Å². The van der Waals surface area contributed by atoms with Gasteiger partial charge in [0.15, 0.2) is 0 Å². The molecule has 0 aliphatic carbocycles. The normalized spacial score (nSPS) is 11.4. The number of aliphatic hydroxyl groups excluding tert-OH is 1. The summed E-state index contributed by atoms with van der Waals surface area (Å²) in [4.78, 5) is 0. The average Bonchev–Trinajstić information content (AvgIpc) is 1.68. The predicted octanol–water partition coefficient (Wildman–Crippen LogP) is 1.11. The van der Waals surface area contributed by atoms with E-state index >= 15 is 0 Å². The van der Waals surface area contributed by atoms with Gasteiger partial charge in [0, 0.05) is 0 Å². The third kappa shape index (κ3) is 3.27. The van der Waals surface area contributed by atoms with E-state index < -0.39 is 0 Å². The smallest absolute Gasteiger partial charge is 0.0642 e. The van der Waals surface area contributed by atoms with E-state index in [1.807, 2.05) is 6.92 Å². The molecule has 40 valence electrons. The highest BCUT2D eigenvalue weighted by atomic mass is 16.3. The molecule has 0 atom stereocenters. The first-order chi connectivity index (χ1) is 3.31. The molecule has 0 aromatic heterocycles. The molecule has 1 nitrogen and oxygen atoms in total. The van der Waals surface area contributed by atoms with Crippen LogP contribution < -0.4 is 0 Å². The van der Waals surface area contributed by atoms with Crippen LogP contribution in [0.15, 0.2) is 24.3 Å². The molecule has 0 bridgehead atoms. The molecule has 0 radical (unpaired) electrons. The van der Waals surface area contributed by atoms with Crippen LogP contribution in [0, 0.1) is 0 Å². The molecule has 0 rings (SSSR count). The average molecular weight is 98.1 g/mol. The van der Waals surface area contributed by atoms with Gasteiger partial charge in [0.1, 0.15) is 0 Å². The van der Waals surface area contributed by atoms with E-state index in [0.717, 1.165) is 5.57 Å². The van der Waals surface area contributed by atoms with Gasteiger partial charge in [-0.3, -0.25) is 0 Å². The largest absolute Gasteiger partial charge is 0.392 e. The number of aliphatic hydroxyl groups is 1. The maximum absolute atomic E-state index is 8.35. The standard InChI is InChI=1S/C6H10O/c1-3-4-6(2)5-7/h3-4,7H,1,5H2,2H3. The topological polar surface area (TPSA) is 20.2 Å². The van der Waals surface area contributed by atoms with Crippen LogP contribution in [0.3, 0.4) is 0 Å². The van der Waals surface area contributed by atoms with Crippen molar-refractivity contribution in [3.8, 4) is 0 Å². The van der Waals surface area contributed by atoms with Gasteiger partial charge in [-0.15, -0.1) is 0 Å². The fourth-order valence-corrected chi connectivity index (χ4v) is 0.254. The molecule has 0 amide bonds. The van der Waals surface area contributed by atoms with E-state index in [4.69, 9.17) is 5.11 Å². The zero-order chi connectivity index (χ0) is 5.70. The Kier molecular flexibility index (Phi) is 3.33. The molecule has 0 aliphatic heterocycles. The Morgan fingerprint density at radius 2 is 2.43 bits per heavy atom. The summed E-state index contributed by atoms with van der Waals surface area (Å²) in [5.41, 5.74) is 0.940. The lowest BCUT2D eigenvalue weighted by Gasteiger charge is -1.85. The fourth-order valence-electron chi connectivity index (χ4n) is 0.254. The maximum atomic E-state index is 8.35. The minimum atomic E-state index is 0.131. The second-order valence-electron chi connectivity index (χ2n) is 1.41. The molecule has 0 saturated heterocycles. The van der Waals surface area contributed by atoms with Crippen LogP contribution in [0.1, 0.15) is 6.92 Å². The van der Waals surface area contributed by atoms with E-state index in [0.29, 0.717) is 0 Å². The molecule has 0 heterocycles. The Bertz CT molecular complexity index is 82.2. The maximum Gasteiger partial charge on any atom is 0.0642 e. The Morgan fingerprint density at radius 3 is 2.57 bits per heavy atom. The van der Waals surface area contributed by atoms with Gasteiger partial charge < -0.3 is 5.11 Å². The van der Waals surface area contributed by atoms with Crippen molar-refractivity contribution in [1.29, 1.82) is 0 Å². The van der Waals surface area contributed by atoms with Gasteiger partial charge in [0.25, 0.3) is 0 Å². The predicted molar refractivity (Wildman–Crippen MR) is 31.0 cm³/mol. The lowest BCUT2D eigenvalue weighted by atomic mass is 10.3. The Hall–Kier alpha value is -0.560. The molecule has 0 aliphatic rings. The summed E-state index contributed by atoms with van der Waals surface area (Å²) in [5.74, 6) is 0. The molecule has 0 aromatic carbocycles. The van der Waals surface area contributed by atoms with Gasteiger partial charge in [-0.05, 0) is 12.5 Å². The van der Waals surface area contributed by atoms with E-state index in [1.54, 1.807) is 12.2 Å². The minimum Gasteiger partial charge on any atom is -0.392 e. The van der Waals surface area contributed by atoms with Crippen LogP contribution >= 0.6 is 0 Å². The van der Waals surface area contributed by atoms with Gasteiger partial charge in [-0.25, -0.2) is 0 Å². The van der Waals surface area contributed by atoms with Crippen molar-refractivity contribution in [3.63, 3.8) is 0 Å². The summed E-state index contributed by atoms with van der Waals surface area (Å²) in [6.45, 7) is 5.44. The first-order valence-corrected chi connectivity index (χ1v) is 2.20. The number of hydrogen-bond acceptors (Lipinski definition) is 1. The summed E-state index contributed by atoms with van der Waals surface area (Å²) in [6.07, 6.45) is 3.44. The zero-order valence-electron chi connectivity index (χ0n) is 4.52. The lowest BCUT2D eigenvalue weighted by Crippen LogP contribution is -1.80. The highest BCUT2D eigenvalue weighted by Gasteiger charge is 1.76. The van der Waals surface area contributed by atoms with E-state index in [-0.39, 0.29) is 6.61 Å². The van der Waals surface area contributed by atoms with Crippen molar-refractivity contribution in [3.05, 3.63) is 24.3 Å². The number of hydrogen-bond donors (Lipinski definition) is 1. The van der Waals surface area contributed by atoms with E-state index in [1.165, 1.54) is 0 Å². The molecule has 0 fully saturated rings. The van der Waals surface area contributed by atoms with E-state index in [9.17, 15) is 0 Å². The summed E-state index contributed by atoms with van der Waals surface area (Å²) in [7, 11) is 0. The van der Waals surface area contributed by atoms with Crippen LogP contribution in [-0.4, -0.2) is 11.7 Å². The van der Waals surface area contributed by atoms with Crippen molar-refractivity contribution in [1.82, 2.24) is 0 Å². The minimum absolute atomic E-state index is 0.131. The zero-order valence-corrected chi connectivity index (χ0v) is 4.52. The highest BCUT2D eigenvalue weighted by Crippen LogP contribution is 1.86. The Labute approximate surface area is 44.0 Å². The summed E-state index contributed by atoms with van der Waals surface area (Å²) in [6, 6.07) is 0. The van der Waals surface area contributed by atoms with Crippen LogP contribution in [0.25, 0.3) is 0 Å². The van der Waals surface area contributed by atoms with Crippen molar-refractivity contribution in [2.45, 2.75) is 6.92 Å². The van der Waals surface area contributed by atoms with E-state index in [2.05, 4.69) is 6.58 Å². The van der Waals surface area contributed by atoms with Crippen LogP contribution in [0.2, 0.25) is 0 Å². The first kappa shape index (κ1) is 6.44. The molecular formula is C6H10O. The monoisotopic (exact) mass is 98.1 g/mol. The third-order valence-corrected chi connectivity index (χ3v) is 0.652. The lowest BCUT2D eigenvalue weighted by molar-refractivity contribution is 0.331. The highest BCUT2D eigenvalue weighted by molar-refractivity contribution is 5.07. The Balaban J connectivity index is 3.49. The first-order valence-electron chi connectivity index (χ1n) is 2.20. The fraction of sp³-hybridized carbons (Fsp3) is 0.333. The summed E-state index contributed by atoms with van der Waals surface area (Å²) >= 11 is 0. The SMILES string of the molecule is C=CC=C(C)CO. The quantitative estimate of drug-likeness (QED) is 0.513. The van der Waals surface area contributed by atoms with Gasteiger partial charge in [0.05, 0.1) is 6.61 Å². The van der Waals surface area contributed by atoms with Crippen molar-refractivity contribution < 1.29 is 5.11 Å². The van der Waals surface area contributed by atoms with Crippen LogP contribution in [-0.2, 0) is 0 Å². The van der Waals surface area contributed by atoms with Crippen molar-refractivity contribution >= 4 is 0 Å². The number of allylic oxidation sites excluding steroid dienone is 2. The van der Waals surface area contributed by atoms with Gasteiger partial charge in [0.2, 0.25) is 0 Å². The molecule has 1 N–H and O–H groups in total. The Morgan fingerprint density at radius 1 is 1.86 bits per heavy atom. The molecule has 0 saturated carbocycles. The van der Waals surface area contributed by atoms with Crippen molar-refractivity contribution in [2.24, 2.45) is 0 Å². The van der Waals surface area contributed by atoms with Gasteiger partial charge >= 0.3 is 0 Å². The molecule has 1 heteroatoms. The molecule has 0 unspecified atom stereocenters. The van der Waals surface area contributed by atoms with Crippen LogP contribution in [0.4, 0.5) is 0 Å². The third-order valence-electron chi connectivity index (χ3n) is 0.652. The molecule has 7 heavy (non-hydrogen) atoms. The summed E-state index contributed by atoms with van der Waals surface area (Å²) in [5, 5.41) is 8.35. The second-order valence-corrected chi connectivity index (χ2v) is 1.41. The summed E-state index contributed by atoms with van der Waals surface area (Å²) < 4.78 is 0. The van der Waals surface area contributed by atoms with Gasteiger partial charge in [-0.2, -0.15) is 0 Å².